The van der Waals surface area contributed by atoms with Crippen LogP contribution in [0.3, 0.4) is 0 Å². The Hall–Kier alpha value is -3.50. The number of anilines is 3. The summed E-state index contributed by atoms with van der Waals surface area (Å²) in [5, 5.41) is 14.5. The number of hydrogen-bond donors (Lipinski definition) is 2. The molecule has 0 fully saturated rings. The Bertz CT molecular complexity index is 1060. The highest BCUT2D eigenvalue weighted by Gasteiger charge is 2.14. The molecule has 3 rings (SSSR count). The molecule has 1 aromatic heterocycles. The maximum Gasteiger partial charge on any atom is 0.269 e. The molecule has 1 heterocycles. The summed E-state index contributed by atoms with van der Waals surface area (Å²) in [4.78, 5) is 25.1. The van der Waals surface area contributed by atoms with Crippen LogP contribution in [0.25, 0.3) is 0 Å². The highest BCUT2D eigenvalue weighted by atomic mass is 35.5. The standard InChI is InChI=1S/C19H20ClN7O3/c1-26(10-12-9-13(27(28)29)7-8-14(12)20)11-17-23-18(21)25-19(24-17)22-15-5-3-4-6-16(15)30-2/h3-9H,10-11H2,1-2H3,(H3,21,22,23,24,25). The largest absolute Gasteiger partial charge is 0.495 e. The highest BCUT2D eigenvalue weighted by molar-refractivity contribution is 6.31. The third-order valence-electron chi connectivity index (χ3n) is 4.14. The third-order valence-corrected chi connectivity index (χ3v) is 4.51. The molecule has 11 heteroatoms. The zero-order valence-electron chi connectivity index (χ0n) is 16.4. The number of nitro benzene ring substituents is 1. The van der Waals surface area contributed by atoms with E-state index in [1.165, 1.54) is 18.2 Å². The van der Waals surface area contributed by atoms with Crippen LogP contribution in [0.1, 0.15) is 11.4 Å². The van der Waals surface area contributed by atoms with Crippen molar-refractivity contribution in [3.8, 4) is 5.75 Å². The monoisotopic (exact) mass is 429 g/mol. The van der Waals surface area contributed by atoms with Crippen LogP contribution in [0.2, 0.25) is 5.02 Å². The fraction of sp³-hybridized carbons (Fsp3) is 0.211. The molecule has 0 unspecified atom stereocenters. The number of nitrogen functional groups attached to an aromatic ring is 1. The smallest absolute Gasteiger partial charge is 0.269 e. The Labute approximate surface area is 177 Å². The molecule has 0 aliphatic rings. The van der Waals surface area contributed by atoms with E-state index in [-0.39, 0.29) is 17.6 Å². The zero-order chi connectivity index (χ0) is 21.7. The van der Waals surface area contributed by atoms with Crippen LogP contribution in [0.15, 0.2) is 42.5 Å². The lowest BCUT2D eigenvalue weighted by atomic mass is 10.2. The molecule has 0 atom stereocenters. The molecule has 0 spiro atoms. The van der Waals surface area contributed by atoms with Gasteiger partial charge in [0.05, 0.1) is 24.3 Å². The number of methoxy groups -OCH3 is 1. The molecule has 0 radical (unpaired) electrons. The molecule has 0 amide bonds. The van der Waals surface area contributed by atoms with Crippen molar-refractivity contribution < 1.29 is 9.66 Å². The number of nitrogens with zero attached hydrogens (tertiary/aromatic N) is 5. The van der Waals surface area contributed by atoms with Gasteiger partial charge in [-0.3, -0.25) is 15.0 Å². The second-order valence-electron chi connectivity index (χ2n) is 6.46. The van der Waals surface area contributed by atoms with Gasteiger partial charge in [0.15, 0.2) is 0 Å². The van der Waals surface area contributed by atoms with Crippen LogP contribution >= 0.6 is 11.6 Å². The van der Waals surface area contributed by atoms with E-state index in [0.717, 1.165) is 0 Å². The van der Waals surface area contributed by atoms with E-state index in [1.54, 1.807) is 7.11 Å². The average molecular weight is 430 g/mol. The number of non-ortho nitro benzene ring substituents is 1. The van der Waals surface area contributed by atoms with Crippen molar-refractivity contribution in [3.63, 3.8) is 0 Å². The number of aromatic nitrogens is 3. The van der Waals surface area contributed by atoms with Gasteiger partial charge in [0.25, 0.3) is 5.69 Å². The minimum Gasteiger partial charge on any atom is -0.495 e. The minimum atomic E-state index is -0.456. The summed E-state index contributed by atoms with van der Waals surface area (Å²) in [6.45, 7) is 0.688. The van der Waals surface area contributed by atoms with Crippen molar-refractivity contribution in [1.29, 1.82) is 0 Å². The molecule has 0 aliphatic carbocycles. The van der Waals surface area contributed by atoms with Crippen LogP contribution in [0, 0.1) is 10.1 Å². The van der Waals surface area contributed by atoms with Crippen LogP contribution in [-0.4, -0.2) is 38.9 Å². The number of para-hydroxylation sites is 2. The Kier molecular flexibility index (Phi) is 6.60. The topological polar surface area (TPSA) is 132 Å². The SMILES string of the molecule is COc1ccccc1Nc1nc(N)nc(CN(C)Cc2cc([N+](=O)[O-])ccc2Cl)n1. The molecule has 156 valence electrons. The number of nitrogens with two attached hydrogens (primary N) is 1. The van der Waals surface area contributed by atoms with Gasteiger partial charge >= 0.3 is 0 Å². The fourth-order valence-electron chi connectivity index (χ4n) is 2.82. The van der Waals surface area contributed by atoms with Gasteiger partial charge in [-0.1, -0.05) is 23.7 Å². The van der Waals surface area contributed by atoms with Gasteiger partial charge in [0.2, 0.25) is 11.9 Å². The van der Waals surface area contributed by atoms with Crippen molar-refractivity contribution in [1.82, 2.24) is 19.9 Å². The van der Waals surface area contributed by atoms with Crippen LogP contribution in [0.4, 0.5) is 23.3 Å². The Balaban J connectivity index is 1.75. The van der Waals surface area contributed by atoms with Crippen molar-refractivity contribution in [2.24, 2.45) is 0 Å². The first-order chi connectivity index (χ1) is 14.4. The molecule has 0 bridgehead atoms. The van der Waals surface area contributed by atoms with Gasteiger partial charge in [-0.25, -0.2) is 0 Å². The Morgan fingerprint density at radius 2 is 1.97 bits per heavy atom. The number of halogens is 1. The van der Waals surface area contributed by atoms with E-state index in [4.69, 9.17) is 22.1 Å². The molecule has 3 N–H and O–H groups in total. The van der Waals surface area contributed by atoms with E-state index >= 15 is 0 Å². The van der Waals surface area contributed by atoms with E-state index in [0.29, 0.717) is 40.9 Å². The molecule has 3 aromatic rings. The maximum atomic E-state index is 11.0. The van der Waals surface area contributed by atoms with Gasteiger partial charge in [0.1, 0.15) is 11.6 Å². The van der Waals surface area contributed by atoms with Gasteiger partial charge in [0, 0.05) is 23.7 Å². The lowest BCUT2D eigenvalue weighted by molar-refractivity contribution is -0.384. The predicted octanol–water partition coefficient (Wildman–Crippen LogP) is 3.40. The summed E-state index contributed by atoms with van der Waals surface area (Å²) in [7, 11) is 3.39. The summed E-state index contributed by atoms with van der Waals surface area (Å²) in [6, 6.07) is 11.7. The third kappa shape index (κ3) is 5.31. The number of hydrogen-bond acceptors (Lipinski definition) is 9. The zero-order valence-corrected chi connectivity index (χ0v) is 17.1. The number of nitrogens with one attached hydrogen (secondary N) is 1. The summed E-state index contributed by atoms with van der Waals surface area (Å²) in [6.07, 6.45) is 0. The van der Waals surface area contributed by atoms with Gasteiger partial charge in [-0.15, -0.1) is 0 Å². The van der Waals surface area contributed by atoms with E-state index < -0.39 is 4.92 Å². The van der Waals surface area contributed by atoms with Crippen molar-refractivity contribution in [2.45, 2.75) is 13.1 Å². The summed E-state index contributed by atoms with van der Waals surface area (Å²) in [5.74, 6) is 1.42. The number of ether oxygens (including phenoxy) is 1. The number of benzene rings is 2. The highest BCUT2D eigenvalue weighted by Crippen LogP contribution is 2.26. The molecule has 30 heavy (non-hydrogen) atoms. The maximum absolute atomic E-state index is 11.0. The van der Waals surface area contributed by atoms with E-state index in [2.05, 4.69) is 20.3 Å². The predicted molar refractivity (Wildman–Crippen MR) is 114 cm³/mol. The normalized spacial score (nSPS) is 10.8. The van der Waals surface area contributed by atoms with E-state index in [9.17, 15) is 10.1 Å². The van der Waals surface area contributed by atoms with Crippen LogP contribution in [-0.2, 0) is 13.1 Å². The van der Waals surface area contributed by atoms with E-state index in [1.807, 2.05) is 36.2 Å². The minimum absolute atomic E-state index is 0.0181. The van der Waals surface area contributed by atoms with Crippen molar-refractivity contribution >= 4 is 34.9 Å². The van der Waals surface area contributed by atoms with Gasteiger partial charge < -0.3 is 15.8 Å². The Morgan fingerprint density at radius 1 is 1.20 bits per heavy atom. The summed E-state index contributed by atoms with van der Waals surface area (Å²) >= 11 is 6.18. The first-order valence-corrected chi connectivity index (χ1v) is 9.25. The molecule has 2 aromatic carbocycles. The molecule has 0 saturated heterocycles. The summed E-state index contributed by atoms with van der Waals surface area (Å²) < 4.78 is 5.31. The van der Waals surface area contributed by atoms with Gasteiger partial charge in [-0.2, -0.15) is 15.0 Å². The molecular weight excluding hydrogens is 410 g/mol. The van der Waals surface area contributed by atoms with Gasteiger partial charge in [-0.05, 0) is 30.8 Å². The lowest BCUT2D eigenvalue weighted by Crippen LogP contribution is -2.20. The van der Waals surface area contributed by atoms with Crippen molar-refractivity contribution in [2.75, 3.05) is 25.2 Å². The van der Waals surface area contributed by atoms with Crippen molar-refractivity contribution in [3.05, 3.63) is 69.0 Å². The second-order valence-corrected chi connectivity index (χ2v) is 6.87. The van der Waals surface area contributed by atoms with Crippen LogP contribution < -0.4 is 15.8 Å². The first-order valence-electron chi connectivity index (χ1n) is 8.87. The average Bonchev–Trinajstić information content (AvgIpc) is 2.69. The van der Waals surface area contributed by atoms with Crippen LogP contribution in [0.5, 0.6) is 5.75 Å². The lowest BCUT2D eigenvalue weighted by Gasteiger charge is -2.17. The quantitative estimate of drug-likeness (QED) is 0.408. The number of nitro groups is 1. The second kappa shape index (κ2) is 9.33. The molecule has 10 nitrogen and oxygen atoms in total. The fourth-order valence-corrected chi connectivity index (χ4v) is 2.99. The Morgan fingerprint density at radius 3 is 2.70 bits per heavy atom. The molecular formula is C19H20ClN7O3. The molecule has 0 aliphatic heterocycles. The first kappa shape index (κ1) is 21.2. The summed E-state index contributed by atoms with van der Waals surface area (Å²) in [5.41, 5.74) is 7.14. The number of rotatable bonds is 8. The molecule has 0 saturated carbocycles.